The first-order chi connectivity index (χ1) is 15.0. The minimum atomic E-state index is -0.882. The van der Waals surface area contributed by atoms with Crippen LogP contribution in [0.15, 0.2) is 78.4 Å². The number of hydrogen-bond acceptors (Lipinski definition) is 4. The molecule has 0 aliphatic carbocycles. The van der Waals surface area contributed by atoms with Crippen molar-refractivity contribution in [3.8, 4) is 5.75 Å². The largest absolute Gasteiger partial charge is 0.507 e. The molecular formula is C25H18FNO4. The van der Waals surface area contributed by atoms with E-state index in [0.29, 0.717) is 24.2 Å². The standard InChI is InChI=1S/C25H18FNO4/c26-18-7-4-8-19(14-18)27-22(15-5-2-1-3-6-15)21(24(29)25(27)30)23(28)17-9-10-20-16(13-17)11-12-31-20/h1-10,13-14,22,28H,11-12H2/b23-21-. The van der Waals surface area contributed by atoms with Crippen molar-refractivity contribution in [2.75, 3.05) is 11.5 Å². The first-order valence-electron chi connectivity index (χ1n) is 9.92. The van der Waals surface area contributed by atoms with Gasteiger partial charge in [-0.25, -0.2) is 4.39 Å². The molecule has 1 amide bonds. The molecule has 3 aromatic rings. The maximum Gasteiger partial charge on any atom is 0.300 e. The number of fused-ring (bicyclic) bond motifs is 1. The number of hydrogen-bond donors (Lipinski definition) is 1. The molecule has 2 aliphatic rings. The second-order valence-corrected chi connectivity index (χ2v) is 7.48. The van der Waals surface area contributed by atoms with E-state index in [1.54, 1.807) is 48.5 Å². The van der Waals surface area contributed by atoms with Crippen LogP contribution in [-0.4, -0.2) is 23.4 Å². The van der Waals surface area contributed by atoms with Gasteiger partial charge < -0.3 is 9.84 Å². The third kappa shape index (κ3) is 3.17. The van der Waals surface area contributed by atoms with Crippen LogP contribution in [0.2, 0.25) is 0 Å². The predicted molar refractivity (Wildman–Crippen MR) is 113 cm³/mol. The first-order valence-corrected chi connectivity index (χ1v) is 9.92. The Balaban J connectivity index is 1.70. The number of amides is 1. The number of rotatable bonds is 3. The molecule has 2 heterocycles. The van der Waals surface area contributed by atoms with Gasteiger partial charge in [-0.05, 0) is 47.5 Å². The molecule has 5 nitrogen and oxygen atoms in total. The zero-order valence-electron chi connectivity index (χ0n) is 16.4. The third-order valence-corrected chi connectivity index (χ3v) is 5.61. The van der Waals surface area contributed by atoms with E-state index in [1.807, 2.05) is 6.07 Å². The zero-order valence-corrected chi connectivity index (χ0v) is 16.4. The van der Waals surface area contributed by atoms with E-state index < -0.39 is 23.5 Å². The monoisotopic (exact) mass is 415 g/mol. The van der Waals surface area contributed by atoms with Crippen LogP contribution in [0.25, 0.3) is 5.76 Å². The summed E-state index contributed by atoms with van der Waals surface area (Å²) < 4.78 is 19.4. The molecule has 1 saturated heterocycles. The normalized spacial score (nSPS) is 19.4. The van der Waals surface area contributed by atoms with Gasteiger partial charge in [0.2, 0.25) is 0 Å². The number of aliphatic hydroxyl groups excluding tert-OH is 1. The first kappa shape index (κ1) is 19.1. The van der Waals surface area contributed by atoms with Gasteiger partial charge in [0.05, 0.1) is 18.2 Å². The van der Waals surface area contributed by atoms with Crippen molar-refractivity contribution in [2.45, 2.75) is 12.5 Å². The second kappa shape index (κ2) is 7.40. The lowest BCUT2D eigenvalue weighted by Crippen LogP contribution is -2.29. The van der Waals surface area contributed by atoms with Crippen molar-refractivity contribution in [1.82, 2.24) is 0 Å². The number of carbonyl (C=O) groups is 2. The Labute approximate surface area is 178 Å². The average molecular weight is 415 g/mol. The molecule has 1 fully saturated rings. The van der Waals surface area contributed by atoms with Crippen LogP contribution in [0.4, 0.5) is 10.1 Å². The molecule has 6 heteroatoms. The van der Waals surface area contributed by atoms with Crippen LogP contribution in [-0.2, 0) is 16.0 Å². The van der Waals surface area contributed by atoms with E-state index in [9.17, 15) is 19.1 Å². The molecule has 2 aliphatic heterocycles. The van der Waals surface area contributed by atoms with E-state index in [0.717, 1.165) is 11.3 Å². The van der Waals surface area contributed by atoms with Gasteiger partial charge in [-0.1, -0.05) is 36.4 Å². The van der Waals surface area contributed by atoms with Crippen LogP contribution < -0.4 is 9.64 Å². The summed E-state index contributed by atoms with van der Waals surface area (Å²) in [4.78, 5) is 27.3. The summed E-state index contributed by atoms with van der Waals surface area (Å²) in [5.74, 6) is -1.67. The molecule has 0 saturated carbocycles. The maximum absolute atomic E-state index is 13.9. The van der Waals surface area contributed by atoms with Crippen LogP contribution in [0, 0.1) is 5.82 Å². The van der Waals surface area contributed by atoms with Gasteiger partial charge in [0, 0.05) is 17.7 Å². The molecule has 3 aromatic carbocycles. The van der Waals surface area contributed by atoms with Crippen molar-refractivity contribution in [3.63, 3.8) is 0 Å². The van der Waals surface area contributed by atoms with E-state index >= 15 is 0 Å². The lowest BCUT2D eigenvalue weighted by molar-refractivity contribution is -0.132. The Kier molecular flexibility index (Phi) is 4.55. The Bertz CT molecular complexity index is 1240. The molecule has 31 heavy (non-hydrogen) atoms. The van der Waals surface area contributed by atoms with Gasteiger partial charge >= 0.3 is 0 Å². The number of halogens is 1. The zero-order chi connectivity index (χ0) is 21.5. The number of aliphatic hydroxyl groups is 1. The van der Waals surface area contributed by atoms with E-state index in [4.69, 9.17) is 4.74 Å². The van der Waals surface area contributed by atoms with Crippen molar-refractivity contribution >= 4 is 23.1 Å². The molecule has 1 atom stereocenters. The maximum atomic E-state index is 13.9. The fourth-order valence-corrected chi connectivity index (χ4v) is 4.16. The smallest absolute Gasteiger partial charge is 0.300 e. The number of anilines is 1. The molecule has 154 valence electrons. The highest BCUT2D eigenvalue weighted by molar-refractivity contribution is 6.51. The molecule has 1 unspecified atom stereocenters. The van der Waals surface area contributed by atoms with Crippen molar-refractivity contribution in [3.05, 3.63) is 101 Å². The molecule has 0 aromatic heterocycles. The van der Waals surface area contributed by atoms with Crippen LogP contribution in [0.3, 0.4) is 0 Å². The van der Waals surface area contributed by atoms with Crippen LogP contribution in [0.1, 0.15) is 22.7 Å². The Morgan fingerprint density at radius 1 is 1.00 bits per heavy atom. The Morgan fingerprint density at radius 3 is 2.58 bits per heavy atom. The minimum absolute atomic E-state index is 0.0284. The molecule has 0 spiro atoms. The fourth-order valence-electron chi connectivity index (χ4n) is 4.16. The molecule has 0 bridgehead atoms. The van der Waals surface area contributed by atoms with Crippen molar-refractivity contribution < 1.29 is 23.8 Å². The summed E-state index contributed by atoms with van der Waals surface area (Å²) in [5, 5.41) is 11.2. The highest BCUT2D eigenvalue weighted by Gasteiger charge is 2.47. The number of ether oxygens (including phenoxy) is 1. The van der Waals surface area contributed by atoms with Gasteiger partial charge in [-0.15, -0.1) is 0 Å². The number of benzene rings is 3. The Morgan fingerprint density at radius 2 is 1.81 bits per heavy atom. The van der Waals surface area contributed by atoms with Gasteiger partial charge in [0.25, 0.3) is 11.7 Å². The topological polar surface area (TPSA) is 66.8 Å². The molecule has 0 radical (unpaired) electrons. The summed E-state index contributed by atoms with van der Waals surface area (Å²) in [6.45, 7) is 0.563. The lowest BCUT2D eigenvalue weighted by Gasteiger charge is -2.25. The highest BCUT2D eigenvalue weighted by atomic mass is 19.1. The summed E-state index contributed by atoms with van der Waals surface area (Å²) in [6.07, 6.45) is 0.705. The summed E-state index contributed by atoms with van der Waals surface area (Å²) in [6, 6.07) is 18.7. The SMILES string of the molecule is O=C1C(=O)N(c2cccc(F)c2)C(c2ccccc2)/C1=C(/O)c1ccc2c(c1)CCO2. The number of carbonyl (C=O) groups excluding carboxylic acids is 2. The summed E-state index contributed by atoms with van der Waals surface area (Å²) >= 11 is 0. The minimum Gasteiger partial charge on any atom is -0.507 e. The Hall–Kier alpha value is -3.93. The summed E-state index contributed by atoms with van der Waals surface area (Å²) in [7, 11) is 0. The van der Waals surface area contributed by atoms with E-state index in [2.05, 4.69) is 0 Å². The number of nitrogens with zero attached hydrogens (tertiary/aromatic N) is 1. The average Bonchev–Trinajstić information content (AvgIpc) is 3.36. The summed E-state index contributed by atoms with van der Waals surface area (Å²) in [5.41, 5.74) is 2.22. The number of ketones is 1. The molecule has 1 N–H and O–H groups in total. The molecular weight excluding hydrogens is 397 g/mol. The van der Waals surface area contributed by atoms with Gasteiger partial charge in [-0.3, -0.25) is 14.5 Å². The highest BCUT2D eigenvalue weighted by Crippen LogP contribution is 2.42. The van der Waals surface area contributed by atoms with Crippen molar-refractivity contribution in [2.24, 2.45) is 0 Å². The van der Waals surface area contributed by atoms with Gasteiger partial charge in [0.15, 0.2) is 0 Å². The van der Waals surface area contributed by atoms with Crippen LogP contribution in [0.5, 0.6) is 5.75 Å². The lowest BCUT2D eigenvalue weighted by atomic mass is 9.94. The molecule has 5 rings (SSSR count). The quantitative estimate of drug-likeness (QED) is 0.392. The van der Waals surface area contributed by atoms with E-state index in [-0.39, 0.29) is 17.0 Å². The van der Waals surface area contributed by atoms with Crippen LogP contribution >= 0.6 is 0 Å². The van der Waals surface area contributed by atoms with Gasteiger partial charge in [0.1, 0.15) is 17.3 Å². The van der Waals surface area contributed by atoms with Crippen molar-refractivity contribution in [1.29, 1.82) is 0 Å². The predicted octanol–water partition coefficient (Wildman–Crippen LogP) is 4.39. The fraction of sp³-hybridized carbons (Fsp3) is 0.120. The second-order valence-electron chi connectivity index (χ2n) is 7.48. The van der Waals surface area contributed by atoms with E-state index in [1.165, 1.54) is 23.1 Å². The van der Waals surface area contributed by atoms with Gasteiger partial charge in [-0.2, -0.15) is 0 Å². The third-order valence-electron chi connectivity index (χ3n) is 5.61. The number of Topliss-reactive ketones (excluding diaryl/α,β-unsaturated/α-hetero) is 1.